The SMILES string of the molecule is CCC(O)(CC)CNCc1cc(Cl)ccc1O. The molecule has 3 N–H and O–H groups in total. The van der Waals surface area contributed by atoms with E-state index < -0.39 is 5.60 Å². The Balaban J connectivity index is 2.53. The maximum atomic E-state index is 10.1. The van der Waals surface area contributed by atoms with Crippen molar-refractivity contribution >= 4 is 11.6 Å². The van der Waals surface area contributed by atoms with Crippen molar-refractivity contribution in [3.8, 4) is 5.75 Å². The predicted octanol–water partition coefficient (Wildman–Crippen LogP) is 2.69. The summed E-state index contributed by atoms with van der Waals surface area (Å²) >= 11 is 5.85. The summed E-state index contributed by atoms with van der Waals surface area (Å²) in [5, 5.41) is 23.4. The molecule has 17 heavy (non-hydrogen) atoms. The molecule has 0 atom stereocenters. The Morgan fingerprint density at radius 3 is 2.53 bits per heavy atom. The zero-order valence-electron chi connectivity index (χ0n) is 10.3. The van der Waals surface area contributed by atoms with Crippen LogP contribution in [-0.2, 0) is 6.54 Å². The van der Waals surface area contributed by atoms with Gasteiger partial charge in [0.15, 0.2) is 0 Å². The number of phenols is 1. The van der Waals surface area contributed by atoms with Gasteiger partial charge in [-0.2, -0.15) is 0 Å². The van der Waals surface area contributed by atoms with Crippen LogP contribution in [0.3, 0.4) is 0 Å². The number of hydrogen-bond acceptors (Lipinski definition) is 3. The Kier molecular flexibility index (Phi) is 5.25. The van der Waals surface area contributed by atoms with Gasteiger partial charge in [-0.3, -0.25) is 0 Å². The molecule has 4 heteroatoms. The van der Waals surface area contributed by atoms with Gasteiger partial charge in [0.05, 0.1) is 5.60 Å². The minimum Gasteiger partial charge on any atom is -0.508 e. The topological polar surface area (TPSA) is 52.5 Å². The number of phenolic OH excluding ortho intramolecular Hbond substituents is 1. The first kappa shape index (κ1) is 14.3. The number of nitrogens with one attached hydrogen (secondary N) is 1. The Labute approximate surface area is 107 Å². The van der Waals surface area contributed by atoms with Gasteiger partial charge >= 0.3 is 0 Å². The minimum atomic E-state index is -0.672. The number of aromatic hydroxyl groups is 1. The quantitative estimate of drug-likeness (QED) is 0.735. The number of aliphatic hydroxyl groups is 1. The fourth-order valence-electron chi connectivity index (χ4n) is 1.63. The molecule has 0 bridgehead atoms. The molecule has 0 saturated carbocycles. The van der Waals surface area contributed by atoms with Crippen LogP contribution in [0.5, 0.6) is 5.75 Å². The molecule has 0 spiro atoms. The Bertz CT molecular complexity index is 364. The summed E-state index contributed by atoms with van der Waals surface area (Å²) in [6.07, 6.45) is 1.41. The second kappa shape index (κ2) is 6.24. The van der Waals surface area contributed by atoms with E-state index in [1.54, 1.807) is 18.2 Å². The fourth-order valence-corrected chi connectivity index (χ4v) is 1.82. The van der Waals surface area contributed by atoms with E-state index in [4.69, 9.17) is 11.6 Å². The van der Waals surface area contributed by atoms with Gasteiger partial charge in [-0.15, -0.1) is 0 Å². The predicted molar refractivity (Wildman–Crippen MR) is 70.4 cm³/mol. The van der Waals surface area contributed by atoms with Crippen LogP contribution in [0, 0.1) is 0 Å². The van der Waals surface area contributed by atoms with Gasteiger partial charge < -0.3 is 15.5 Å². The summed E-state index contributed by atoms with van der Waals surface area (Å²) in [6.45, 7) is 4.92. The molecule has 3 nitrogen and oxygen atoms in total. The first-order chi connectivity index (χ1) is 8.00. The van der Waals surface area contributed by atoms with E-state index in [-0.39, 0.29) is 5.75 Å². The Morgan fingerprint density at radius 2 is 1.94 bits per heavy atom. The van der Waals surface area contributed by atoms with Crippen LogP contribution >= 0.6 is 11.6 Å². The van der Waals surface area contributed by atoms with E-state index in [0.717, 1.165) is 5.56 Å². The summed E-state index contributed by atoms with van der Waals surface area (Å²) < 4.78 is 0. The highest BCUT2D eigenvalue weighted by Gasteiger charge is 2.21. The highest BCUT2D eigenvalue weighted by Crippen LogP contribution is 2.21. The van der Waals surface area contributed by atoms with Crippen LogP contribution in [0.4, 0.5) is 0 Å². The molecule has 1 aromatic rings. The molecular formula is C13H20ClNO2. The molecule has 0 aliphatic rings. The van der Waals surface area contributed by atoms with Crippen LogP contribution < -0.4 is 5.32 Å². The van der Waals surface area contributed by atoms with E-state index in [2.05, 4.69) is 5.32 Å². The lowest BCUT2D eigenvalue weighted by Crippen LogP contribution is -2.39. The lowest BCUT2D eigenvalue weighted by atomic mass is 9.97. The van der Waals surface area contributed by atoms with Crippen LogP contribution in [-0.4, -0.2) is 22.4 Å². The van der Waals surface area contributed by atoms with Crippen LogP contribution in [0.1, 0.15) is 32.3 Å². The summed E-state index contributed by atoms with van der Waals surface area (Å²) in [7, 11) is 0. The van der Waals surface area contributed by atoms with E-state index in [0.29, 0.717) is 31.0 Å². The molecule has 0 heterocycles. The van der Waals surface area contributed by atoms with Crippen molar-refractivity contribution in [1.82, 2.24) is 5.32 Å². The zero-order chi connectivity index (χ0) is 12.9. The summed E-state index contributed by atoms with van der Waals surface area (Å²) in [5.74, 6) is 0.221. The molecule has 0 amide bonds. The molecule has 0 saturated heterocycles. The molecule has 0 unspecified atom stereocenters. The molecule has 1 rings (SSSR count). The van der Waals surface area contributed by atoms with Crippen LogP contribution in [0.25, 0.3) is 0 Å². The average molecular weight is 258 g/mol. The van der Waals surface area contributed by atoms with Crippen molar-refractivity contribution in [3.05, 3.63) is 28.8 Å². The monoisotopic (exact) mass is 257 g/mol. The van der Waals surface area contributed by atoms with Crippen molar-refractivity contribution in [2.24, 2.45) is 0 Å². The number of hydrogen-bond donors (Lipinski definition) is 3. The molecule has 0 radical (unpaired) electrons. The minimum absolute atomic E-state index is 0.221. The zero-order valence-corrected chi connectivity index (χ0v) is 11.1. The molecule has 1 aromatic carbocycles. The van der Waals surface area contributed by atoms with Gasteiger partial charge in [-0.05, 0) is 31.0 Å². The summed E-state index contributed by atoms with van der Waals surface area (Å²) in [4.78, 5) is 0. The number of benzene rings is 1. The first-order valence-electron chi connectivity index (χ1n) is 5.91. The number of rotatable bonds is 6. The normalized spacial score (nSPS) is 11.8. The van der Waals surface area contributed by atoms with Crippen LogP contribution in [0.15, 0.2) is 18.2 Å². The third-order valence-corrected chi connectivity index (χ3v) is 3.36. The van der Waals surface area contributed by atoms with Gasteiger partial charge in [0, 0.05) is 23.7 Å². The van der Waals surface area contributed by atoms with E-state index in [9.17, 15) is 10.2 Å². The molecular weight excluding hydrogens is 238 g/mol. The molecule has 0 aromatic heterocycles. The highest BCUT2D eigenvalue weighted by atomic mass is 35.5. The third-order valence-electron chi connectivity index (χ3n) is 3.13. The third kappa shape index (κ3) is 4.19. The smallest absolute Gasteiger partial charge is 0.120 e. The lowest BCUT2D eigenvalue weighted by molar-refractivity contribution is 0.0322. The van der Waals surface area contributed by atoms with Gasteiger partial charge in [-0.1, -0.05) is 25.4 Å². The lowest BCUT2D eigenvalue weighted by Gasteiger charge is -2.25. The summed E-state index contributed by atoms with van der Waals surface area (Å²) in [5.41, 5.74) is 0.0702. The largest absolute Gasteiger partial charge is 0.508 e. The van der Waals surface area contributed by atoms with Crippen LogP contribution in [0.2, 0.25) is 5.02 Å². The second-order valence-corrected chi connectivity index (χ2v) is 4.74. The molecule has 0 fully saturated rings. The van der Waals surface area contributed by atoms with E-state index >= 15 is 0 Å². The highest BCUT2D eigenvalue weighted by molar-refractivity contribution is 6.30. The van der Waals surface area contributed by atoms with E-state index in [1.807, 2.05) is 13.8 Å². The maximum absolute atomic E-state index is 10.1. The van der Waals surface area contributed by atoms with Gasteiger partial charge in [0.1, 0.15) is 5.75 Å². The maximum Gasteiger partial charge on any atom is 0.120 e. The van der Waals surface area contributed by atoms with Gasteiger partial charge in [0.25, 0.3) is 0 Å². The number of halogens is 1. The Hall–Kier alpha value is -0.770. The first-order valence-corrected chi connectivity index (χ1v) is 6.29. The van der Waals surface area contributed by atoms with Gasteiger partial charge in [0.2, 0.25) is 0 Å². The molecule has 0 aliphatic carbocycles. The van der Waals surface area contributed by atoms with Crippen molar-refractivity contribution in [2.75, 3.05) is 6.54 Å². The Morgan fingerprint density at radius 1 is 1.29 bits per heavy atom. The standard InChI is InChI=1S/C13H20ClNO2/c1-3-13(17,4-2)9-15-8-10-7-11(14)5-6-12(10)16/h5-7,15-17H,3-4,8-9H2,1-2H3. The van der Waals surface area contributed by atoms with Crippen molar-refractivity contribution in [1.29, 1.82) is 0 Å². The fraction of sp³-hybridized carbons (Fsp3) is 0.538. The van der Waals surface area contributed by atoms with Crippen molar-refractivity contribution < 1.29 is 10.2 Å². The summed E-state index contributed by atoms with van der Waals surface area (Å²) in [6, 6.07) is 4.95. The second-order valence-electron chi connectivity index (χ2n) is 4.31. The van der Waals surface area contributed by atoms with E-state index in [1.165, 1.54) is 0 Å². The van der Waals surface area contributed by atoms with Gasteiger partial charge in [-0.25, -0.2) is 0 Å². The van der Waals surface area contributed by atoms with Crippen molar-refractivity contribution in [2.45, 2.75) is 38.8 Å². The average Bonchev–Trinajstić information content (AvgIpc) is 2.33. The molecule has 0 aliphatic heterocycles. The molecule has 96 valence electrons. The van der Waals surface area contributed by atoms with Crippen molar-refractivity contribution in [3.63, 3.8) is 0 Å².